The molecule has 1 heterocycles. The molecule has 0 radical (unpaired) electrons. The molecule has 0 aliphatic heterocycles. The minimum absolute atomic E-state index is 0.798. The molecule has 0 fully saturated rings. The Morgan fingerprint density at radius 3 is 2.77 bits per heavy atom. The third-order valence-electron chi connectivity index (χ3n) is 2.30. The molecule has 1 aromatic rings. The van der Waals surface area contributed by atoms with Crippen LogP contribution in [0.4, 0.5) is 0 Å². The van der Waals surface area contributed by atoms with E-state index in [-0.39, 0.29) is 0 Å². The van der Waals surface area contributed by atoms with Crippen LogP contribution in [0.1, 0.15) is 32.4 Å². The van der Waals surface area contributed by atoms with Crippen LogP contribution in [-0.4, -0.2) is 16.1 Å². The molecule has 0 atom stereocenters. The Morgan fingerprint density at radius 2 is 2.23 bits per heavy atom. The van der Waals surface area contributed by atoms with Crippen LogP contribution >= 0.6 is 11.5 Å². The summed E-state index contributed by atoms with van der Waals surface area (Å²) in [5.41, 5.74) is 1.05. The number of nitrogens with zero attached hydrogens (tertiary/aromatic N) is 2. The summed E-state index contributed by atoms with van der Waals surface area (Å²) >= 11 is 1.41. The van der Waals surface area contributed by atoms with Crippen molar-refractivity contribution in [2.24, 2.45) is 5.92 Å². The zero-order valence-electron chi connectivity index (χ0n) is 8.29. The van der Waals surface area contributed by atoms with Crippen molar-refractivity contribution >= 4 is 11.5 Å². The molecule has 1 aromatic heterocycles. The maximum atomic E-state index is 3.97. The van der Waals surface area contributed by atoms with Gasteiger partial charge in [-0.2, -0.15) is 0 Å². The van der Waals surface area contributed by atoms with E-state index in [1.54, 1.807) is 0 Å². The quantitative estimate of drug-likeness (QED) is 0.762. The predicted octanol–water partition coefficient (Wildman–Crippen LogP) is 2.06. The maximum absolute atomic E-state index is 3.97. The molecule has 74 valence electrons. The van der Waals surface area contributed by atoms with E-state index < -0.39 is 0 Å². The van der Waals surface area contributed by atoms with Crippen molar-refractivity contribution in [2.75, 3.05) is 6.54 Å². The van der Waals surface area contributed by atoms with E-state index in [9.17, 15) is 0 Å². The predicted molar refractivity (Wildman–Crippen MR) is 55.7 cm³/mol. The van der Waals surface area contributed by atoms with Gasteiger partial charge in [-0.3, -0.25) is 0 Å². The van der Waals surface area contributed by atoms with E-state index in [1.165, 1.54) is 24.4 Å². The van der Waals surface area contributed by atoms with E-state index in [4.69, 9.17) is 0 Å². The van der Waals surface area contributed by atoms with Crippen LogP contribution in [0, 0.1) is 5.92 Å². The summed E-state index contributed by atoms with van der Waals surface area (Å²) in [6.07, 6.45) is 2.50. The topological polar surface area (TPSA) is 37.8 Å². The van der Waals surface area contributed by atoms with Crippen molar-refractivity contribution in [1.29, 1.82) is 0 Å². The van der Waals surface area contributed by atoms with Gasteiger partial charge in [0.2, 0.25) is 0 Å². The summed E-state index contributed by atoms with van der Waals surface area (Å²) in [5.74, 6) is 0.798. The second-order valence-electron chi connectivity index (χ2n) is 3.21. The standard InChI is InChI=1S/C9H17N3S/c1-3-8(4-2)5-10-6-9-7-13-12-11-9/h7-8,10H,3-6H2,1-2H3. The number of hydrogen-bond donors (Lipinski definition) is 1. The lowest BCUT2D eigenvalue weighted by molar-refractivity contribution is 0.448. The molecule has 0 saturated carbocycles. The third kappa shape index (κ3) is 3.83. The van der Waals surface area contributed by atoms with Crippen molar-refractivity contribution < 1.29 is 0 Å². The average molecular weight is 199 g/mol. The van der Waals surface area contributed by atoms with E-state index in [1.807, 2.05) is 5.38 Å². The zero-order chi connectivity index (χ0) is 9.52. The van der Waals surface area contributed by atoms with Gasteiger partial charge >= 0.3 is 0 Å². The second-order valence-corrected chi connectivity index (χ2v) is 3.82. The fraction of sp³-hybridized carbons (Fsp3) is 0.778. The zero-order valence-corrected chi connectivity index (χ0v) is 9.10. The molecular weight excluding hydrogens is 182 g/mol. The largest absolute Gasteiger partial charge is 0.311 e. The molecule has 0 unspecified atom stereocenters. The van der Waals surface area contributed by atoms with Crippen LogP contribution in [0.15, 0.2) is 5.38 Å². The van der Waals surface area contributed by atoms with Crippen molar-refractivity contribution in [2.45, 2.75) is 33.2 Å². The van der Waals surface area contributed by atoms with Gasteiger partial charge in [0.25, 0.3) is 0 Å². The first-order valence-corrected chi connectivity index (χ1v) is 5.67. The minimum Gasteiger partial charge on any atom is -0.311 e. The van der Waals surface area contributed by atoms with Crippen LogP contribution in [0.3, 0.4) is 0 Å². The first-order valence-electron chi connectivity index (χ1n) is 4.83. The molecule has 0 spiro atoms. The summed E-state index contributed by atoms with van der Waals surface area (Å²) in [5, 5.41) is 9.35. The summed E-state index contributed by atoms with van der Waals surface area (Å²) < 4.78 is 3.81. The lowest BCUT2D eigenvalue weighted by Crippen LogP contribution is -2.21. The van der Waals surface area contributed by atoms with Gasteiger partial charge in [0.05, 0.1) is 5.69 Å². The van der Waals surface area contributed by atoms with Gasteiger partial charge in [0.1, 0.15) is 0 Å². The van der Waals surface area contributed by atoms with Crippen LogP contribution < -0.4 is 5.32 Å². The van der Waals surface area contributed by atoms with Gasteiger partial charge in [-0.25, -0.2) is 0 Å². The molecule has 1 N–H and O–H groups in total. The highest BCUT2D eigenvalue weighted by molar-refractivity contribution is 7.03. The monoisotopic (exact) mass is 199 g/mol. The summed E-state index contributed by atoms with van der Waals surface area (Å²) in [6.45, 7) is 6.41. The highest BCUT2D eigenvalue weighted by Crippen LogP contribution is 2.05. The minimum atomic E-state index is 0.798. The van der Waals surface area contributed by atoms with Crippen LogP contribution in [-0.2, 0) is 6.54 Å². The van der Waals surface area contributed by atoms with E-state index in [0.29, 0.717) is 0 Å². The summed E-state index contributed by atoms with van der Waals surface area (Å²) in [4.78, 5) is 0. The van der Waals surface area contributed by atoms with Gasteiger partial charge in [-0.05, 0) is 24.0 Å². The first kappa shape index (κ1) is 10.6. The highest BCUT2D eigenvalue weighted by atomic mass is 32.1. The van der Waals surface area contributed by atoms with Crippen molar-refractivity contribution in [3.05, 3.63) is 11.1 Å². The molecule has 0 bridgehead atoms. The molecule has 4 heteroatoms. The molecule has 0 aliphatic carbocycles. The average Bonchev–Trinajstić information content (AvgIpc) is 2.65. The number of rotatable bonds is 6. The maximum Gasteiger partial charge on any atom is 0.0893 e. The van der Waals surface area contributed by atoms with Crippen LogP contribution in [0.5, 0.6) is 0 Å². The molecular formula is C9H17N3S. The fourth-order valence-corrected chi connectivity index (χ4v) is 1.69. The van der Waals surface area contributed by atoms with E-state index in [2.05, 4.69) is 28.8 Å². The molecule has 13 heavy (non-hydrogen) atoms. The van der Waals surface area contributed by atoms with Crippen molar-refractivity contribution in [3.8, 4) is 0 Å². The van der Waals surface area contributed by atoms with E-state index in [0.717, 1.165) is 24.7 Å². The third-order valence-corrected chi connectivity index (χ3v) is 2.85. The first-order chi connectivity index (χ1) is 6.36. The highest BCUT2D eigenvalue weighted by Gasteiger charge is 2.02. The molecule has 0 saturated heterocycles. The Bertz CT molecular complexity index is 207. The Kier molecular flexibility index (Phi) is 4.93. The SMILES string of the molecule is CCC(CC)CNCc1csnn1. The number of hydrogen-bond acceptors (Lipinski definition) is 4. The molecule has 0 aromatic carbocycles. The Hall–Kier alpha value is -0.480. The number of nitrogens with one attached hydrogen (secondary N) is 1. The molecule has 0 amide bonds. The Labute approximate surface area is 83.7 Å². The Morgan fingerprint density at radius 1 is 1.46 bits per heavy atom. The lowest BCUT2D eigenvalue weighted by Gasteiger charge is -2.11. The summed E-state index contributed by atoms with van der Waals surface area (Å²) in [7, 11) is 0. The van der Waals surface area contributed by atoms with Gasteiger partial charge in [-0.1, -0.05) is 31.2 Å². The van der Waals surface area contributed by atoms with Gasteiger partial charge in [0.15, 0.2) is 0 Å². The Balaban J connectivity index is 2.13. The lowest BCUT2D eigenvalue weighted by atomic mass is 10.0. The normalized spacial score (nSPS) is 11.0. The van der Waals surface area contributed by atoms with Crippen LogP contribution in [0.25, 0.3) is 0 Å². The van der Waals surface area contributed by atoms with Crippen molar-refractivity contribution in [3.63, 3.8) is 0 Å². The smallest absolute Gasteiger partial charge is 0.0893 e. The van der Waals surface area contributed by atoms with Crippen molar-refractivity contribution in [1.82, 2.24) is 14.9 Å². The summed E-state index contributed by atoms with van der Waals surface area (Å²) in [6, 6.07) is 0. The molecule has 3 nitrogen and oxygen atoms in total. The van der Waals surface area contributed by atoms with Gasteiger partial charge in [-0.15, -0.1) is 5.10 Å². The fourth-order valence-electron chi connectivity index (χ4n) is 1.24. The number of aromatic nitrogens is 2. The van der Waals surface area contributed by atoms with Gasteiger partial charge in [0, 0.05) is 11.9 Å². The van der Waals surface area contributed by atoms with Crippen LogP contribution in [0.2, 0.25) is 0 Å². The van der Waals surface area contributed by atoms with Gasteiger partial charge < -0.3 is 5.32 Å². The van der Waals surface area contributed by atoms with E-state index >= 15 is 0 Å². The molecule has 0 aliphatic rings. The molecule has 1 rings (SSSR count). The second kappa shape index (κ2) is 6.05.